The van der Waals surface area contributed by atoms with Crippen LogP contribution >= 0.6 is 0 Å². The van der Waals surface area contributed by atoms with Gasteiger partial charge in [-0.05, 0) is 11.8 Å². The Balaban J connectivity index is 3.05. The molecule has 1 aliphatic carbocycles. The SMILES string of the molecule is CC1(C)CC1(CO)C(F)(F)C(F)(F)F. The van der Waals surface area contributed by atoms with Crippen LogP contribution in [0.5, 0.6) is 0 Å². The van der Waals surface area contributed by atoms with Crippen LogP contribution < -0.4 is 0 Å². The molecule has 0 aromatic heterocycles. The number of halogens is 5. The minimum absolute atomic E-state index is 0.316. The Bertz CT molecular complexity index is 245. The largest absolute Gasteiger partial charge is 0.453 e. The van der Waals surface area contributed by atoms with E-state index >= 15 is 0 Å². The first-order valence-electron chi connectivity index (χ1n) is 4.07. The van der Waals surface area contributed by atoms with Gasteiger partial charge in [-0.2, -0.15) is 22.0 Å². The molecule has 0 spiro atoms. The van der Waals surface area contributed by atoms with Crippen molar-refractivity contribution in [3.63, 3.8) is 0 Å². The highest BCUT2D eigenvalue weighted by molar-refractivity contribution is 5.18. The van der Waals surface area contributed by atoms with Crippen LogP contribution in [0.4, 0.5) is 22.0 Å². The molecule has 1 N–H and O–H groups in total. The lowest BCUT2D eigenvalue weighted by Gasteiger charge is -2.30. The maximum absolute atomic E-state index is 13.0. The van der Waals surface area contributed by atoms with Gasteiger partial charge in [0.15, 0.2) is 0 Å². The lowest BCUT2D eigenvalue weighted by atomic mass is 9.89. The summed E-state index contributed by atoms with van der Waals surface area (Å²) >= 11 is 0. The van der Waals surface area contributed by atoms with Gasteiger partial charge < -0.3 is 5.11 Å². The zero-order valence-electron chi connectivity index (χ0n) is 7.75. The molecule has 0 heterocycles. The number of alkyl halides is 5. The van der Waals surface area contributed by atoms with E-state index in [0.29, 0.717) is 0 Å². The van der Waals surface area contributed by atoms with Crippen molar-refractivity contribution in [2.45, 2.75) is 32.4 Å². The van der Waals surface area contributed by atoms with Gasteiger partial charge in [-0.1, -0.05) is 13.8 Å². The van der Waals surface area contributed by atoms with Crippen molar-refractivity contribution in [1.82, 2.24) is 0 Å². The summed E-state index contributed by atoms with van der Waals surface area (Å²) in [6, 6.07) is 0. The molecule has 0 aromatic rings. The molecule has 1 aliphatic rings. The molecule has 14 heavy (non-hydrogen) atoms. The van der Waals surface area contributed by atoms with Gasteiger partial charge in [-0.3, -0.25) is 0 Å². The number of hydrogen-bond acceptors (Lipinski definition) is 1. The van der Waals surface area contributed by atoms with E-state index in [1.54, 1.807) is 0 Å². The highest BCUT2D eigenvalue weighted by Gasteiger charge is 2.82. The third kappa shape index (κ3) is 1.16. The molecular formula is C8H11F5O. The molecule has 0 saturated heterocycles. The van der Waals surface area contributed by atoms with Crippen molar-refractivity contribution in [2.24, 2.45) is 10.8 Å². The minimum atomic E-state index is -5.59. The van der Waals surface area contributed by atoms with Gasteiger partial charge in [0.1, 0.15) is 0 Å². The molecule has 0 radical (unpaired) electrons. The van der Waals surface area contributed by atoms with Crippen LogP contribution in [0.2, 0.25) is 0 Å². The second kappa shape index (κ2) is 2.59. The molecule has 0 bridgehead atoms. The lowest BCUT2D eigenvalue weighted by molar-refractivity contribution is -0.317. The van der Waals surface area contributed by atoms with Gasteiger partial charge >= 0.3 is 12.1 Å². The molecule has 1 atom stereocenters. The number of aliphatic hydroxyl groups is 1. The van der Waals surface area contributed by atoms with E-state index in [1.807, 2.05) is 0 Å². The smallest absolute Gasteiger partial charge is 0.396 e. The Morgan fingerprint density at radius 2 is 1.50 bits per heavy atom. The Morgan fingerprint density at radius 3 is 1.57 bits per heavy atom. The highest BCUT2D eigenvalue weighted by atomic mass is 19.4. The molecule has 1 unspecified atom stereocenters. The summed E-state index contributed by atoms with van der Waals surface area (Å²) in [5, 5.41) is 8.71. The van der Waals surface area contributed by atoms with Crippen LogP contribution in [0.1, 0.15) is 20.3 Å². The highest BCUT2D eigenvalue weighted by Crippen LogP contribution is 2.72. The van der Waals surface area contributed by atoms with E-state index in [-0.39, 0.29) is 6.42 Å². The molecule has 1 nitrogen and oxygen atoms in total. The molecule has 0 aromatic carbocycles. The van der Waals surface area contributed by atoms with Gasteiger partial charge in [-0.15, -0.1) is 0 Å². The van der Waals surface area contributed by atoms with Crippen LogP contribution in [0.3, 0.4) is 0 Å². The van der Waals surface area contributed by atoms with Crippen LogP contribution in [0.15, 0.2) is 0 Å². The van der Waals surface area contributed by atoms with Crippen molar-refractivity contribution in [2.75, 3.05) is 6.61 Å². The normalized spacial score (nSPS) is 31.7. The number of hydrogen-bond donors (Lipinski definition) is 1. The summed E-state index contributed by atoms with van der Waals surface area (Å²) in [5.41, 5.74) is -3.50. The molecule has 1 fully saturated rings. The Hall–Kier alpha value is -0.390. The third-order valence-corrected chi connectivity index (χ3v) is 3.14. The Morgan fingerprint density at radius 1 is 1.14 bits per heavy atom. The molecule has 0 aliphatic heterocycles. The predicted molar refractivity (Wildman–Crippen MR) is 38.9 cm³/mol. The zero-order valence-corrected chi connectivity index (χ0v) is 7.75. The first-order valence-corrected chi connectivity index (χ1v) is 4.07. The van der Waals surface area contributed by atoms with Gasteiger partial charge in [-0.25, -0.2) is 0 Å². The van der Waals surface area contributed by atoms with Crippen LogP contribution in [0.25, 0.3) is 0 Å². The van der Waals surface area contributed by atoms with Gasteiger partial charge in [0, 0.05) is 0 Å². The van der Waals surface area contributed by atoms with E-state index in [0.717, 1.165) is 0 Å². The van der Waals surface area contributed by atoms with Gasteiger partial charge in [0.2, 0.25) is 0 Å². The maximum atomic E-state index is 13.0. The van der Waals surface area contributed by atoms with Crippen LogP contribution in [-0.4, -0.2) is 23.8 Å². The summed E-state index contributed by atoms with van der Waals surface area (Å²) in [6.07, 6.45) is -5.91. The molecule has 0 amide bonds. The first-order chi connectivity index (χ1) is 6.02. The third-order valence-electron chi connectivity index (χ3n) is 3.14. The maximum Gasteiger partial charge on any atom is 0.453 e. The van der Waals surface area contributed by atoms with E-state index in [9.17, 15) is 22.0 Å². The molecular weight excluding hydrogens is 207 g/mol. The van der Waals surface area contributed by atoms with E-state index < -0.39 is 29.5 Å². The van der Waals surface area contributed by atoms with Crippen molar-refractivity contribution < 1.29 is 27.1 Å². The fourth-order valence-corrected chi connectivity index (χ4v) is 1.89. The first kappa shape index (κ1) is 11.7. The van der Waals surface area contributed by atoms with Crippen LogP contribution in [-0.2, 0) is 0 Å². The second-order valence-corrected chi connectivity index (χ2v) is 4.37. The second-order valence-electron chi connectivity index (χ2n) is 4.37. The monoisotopic (exact) mass is 218 g/mol. The quantitative estimate of drug-likeness (QED) is 0.706. The van der Waals surface area contributed by atoms with E-state index in [4.69, 9.17) is 5.11 Å². The van der Waals surface area contributed by atoms with Crippen molar-refractivity contribution in [3.05, 3.63) is 0 Å². The van der Waals surface area contributed by atoms with Gasteiger partial charge in [0.25, 0.3) is 0 Å². The Kier molecular flexibility index (Phi) is 2.16. The fraction of sp³-hybridized carbons (Fsp3) is 1.00. The zero-order chi connectivity index (χ0) is 11.4. The number of aliphatic hydroxyl groups excluding tert-OH is 1. The molecule has 84 valence electrons. The standard InChI is InChI=1S/C8H11F5O/c1-5(2)3-6(5,4-14)7(9,10)8(11,12)13/h14H,3-4H2,1-2H3. The van der Waals surface area contributed by atoms with Crippen LogP contribution in [0, 0.1) is 10.8 Å². The fourth-order valence-electron chi connectivity index (χ4n) is 1.89. The molecule has 6 heteroatoms. The van der Waals surface area contributed by atoms with Crippen molar-refractivity contribution >= 4 is 0 Å². The number of rotatable bonds is 2. The topological polar surface area (TPSA) is 20.2 Å². The summed E-state index contributed by atoms with van der Waals surface area (Å²) < 4.78 is 62.1. The van der Waals surface area contributed by atoms with E-state index in [1.165, 1.54) is 13.8 Å². The average Bonchev–Trinajstić information content (AvgIpc) is 2.52. The van der Waals surface area contributed by atoms with Gasteiger partial charge in [0.05, 0.1) is 12.0 Å². The van der Waals surface area contributed by atoms with Crippen molar-refractivity contribution in [1.29, 1.82) is 0 Å². The summed E-state index contributed by atoms with van der Waals surface area (Å²) in [7, 11) is 0. The molecule has 1 rings (SSSR count). The summed E-state index contributed by atoms with van der Waals surface area (Å²) in [6.45, 7) is 1.44. The van der Waals surface area contributed by atoms with Crippen molar-refractivity contribution in [3.8, 4) is 0 Å². The summed E-state index contributed by atoms with van der Waals surface area (Å²) in [5.74, 6) is -4.82. The summed E-state index contributed by atoms with van der Waals surface area (Å²) in [4.78, 5) is 0. The van der Waals surface area contributed by atoms with E-state index in [2.05, 4.69) is 0 Å². The average molecular weight is 218 g/mol. The Labute approximate surface area is 77.9 Å². The minimum Gasteiger partial charge on any atom is -0.396 e. The predicted octanol–water partition coefficient (Wildman–Crippen LogP) is 2.59. The lowest BCUT2D eigenvalue weighted by Crippen LogP contribution is -2.48. The molecule has 1 saturated carbocycles.